The van der Waals surface area contributed by atoms with Crippen molar-refractivity contribution in [2.24, 2.45) is 0 Å². The van der Waals surface area contributed by atoms with Crippen molar-refractivity contribution in [3.63, 3.8) is 0 Å². The number of aromatic nitrogens is 4. The molecule has 2 N–H and O–H groups in total. The Kier molecular flexibility index (Phi) is 4.42. The van der Waals surface area contributed by atoms with E-state index in [1.54, 1.807) is 6.20 Å². The summed E-state index contributed by atoms with van der Waals surface area (Å²) in [4.78, 5) is 22.2. The second kappa shape index (κ2) is 7.37. The first-order chi connectivity index (χ1) is 14.2. The molecule has 1 amide bonds. The summed E-state index contributed by atoms with van der Waals surface area (Å²) < 4.78 is 1.84. The summed E-state index contributed by atoms with van der Waals surface area (Å²) >= 11 is 1.47. The Labute approximate surface area is 170 Å². The van der Waals surface area contributed by atoms with Crippen molar-refractivity contribution < 1.29 is 4.79 Å². The van der Waals surface area contributed by atoms with Crippen LogP contribution in [0.25, 0.3) is 22.4 Å². The lowest BCUT2D eigenvalue weighted by Gasteiger charge is -2.04. The number of hydrogen-bond donors (Lipinski definition) is 2. The lowest BCUT2D eigenvalue weighted by atomic mass is 10.2. The maximum Gasteiger partial charge on any atom is 0.265 e. The number of carbonyl (C=O) groups is 1. The van der Waals surface area contributed by atoms with Crippen molar-refractivity contribution in [3.8, 4) is 11.4 Å². The number of H-pyrrole nitrogens is 1. The van der Waals surface area contributed by atoms with E-state index in [-0.39, 0.29) is 5.91 Å². The number of benzene rings is 2. The largest absolute Gasteiger partial charge is 0.338 e. The van der Waals surface area contributed by atoms with Gasteiger partial charge in [-0.1, -0.05) is 12.1 Å². The van der Waals surface area contributed by atoms with Gasteiger partial charge in [0.15, 0.2) is 0 Å². The summed E-state index contributed by atoms with van der Waals surface area (Å²) in [5, 5.41) is 7.15. The zero-order valence-electron chi connectivity index (χ0n) is 15.4. The number of rotatable bonds is 5. The smallest absolute Gasteiger partial charge is 0.265 e. The number of thiophene rings is 1. The van der Waals surface area contributed by atoms with Gasteiger partial charge in [0.2, 0.25) is 0 Å². The molecule has 3 heterocycles. The predicted molar refractivity (Wildman–Crippen MR) is 115 cm³/mol. The highest BCUT2D eigenvalue weighted by molar-refractivity contribution is 7.14. The van der Waals surface area contributed by atoms with Crippen LogP contribution in [0.15, 0.2) is 79.1 Å². The SMILES string of the molecule is O=C(Nc1ccc(-c2nc3ccccc3[nH]2)cc1)c1ccc(Cn2cccn2)s1. The fourth-order valence-electron chi connectivity index (χ4n) is 3.13. The fraction of sp³-hybridized carbons (Fsp3) is 0.0455. The molecule has 0 aliphatic carbocycles. The van der Waals surface area contributed by atoms with Crippen LogP contribution in [0.2, 0.25) is 0 Å². The third-order valence-corrected chi connectivity index (χ3v) is 5.64. The number of imidazole rings is 1. The molecule has 3 aromatic heterocycles. The van der Waals surface area contributed by atoms with E-state index in [1.807, 2.05) is 77.6 Å². The van der Waals surface area contributed by atoms with Crippen LogP contribution in [-0.4, -0.2) is 25.7 Å². The zero-order valence-corrected chi connectivity index (χ0v) is 16.2. The normalized spacial score (nSPS) is 11.0. The van der Waals surface area contributed by atoms with Crippen LogP contribution in [0, 0.1) is 0 Å². The van der Waals surface area contributed by atoms with Gasteiger partial charge in [-0.2, -0.15) is 5.10 Å². The minimum absolute atomic E-state index is 0.113. The Hall–Kier alpha value is -3.71. The topological polar surface area (TPSA) is 75.6 Å². The highest BCUT2D eigenvalue weighted by Crippen LogP contribution is 2.23. The molecule has 0 fully saturated rings. The van der Waals surface area contributed by atoms with Crippen molar-refractivity contribution in [1.29, 1.82) is 0 Å². The van der Waals surface area contributed by atoms with Gasteiger partial charge in [0.1, 0.15) is 5.82 Å². The van der Waals surface area contributed by atoms with Gasteiger partial charge in [0.05, 0.1) is 22.5 Å². The number of nitrogens with one attached hydrogen (secondary N) is 2. The lowest BCUT2D eigenvalue weighted by Crippen LogP contribution is -2.09. The highest BCUT2D eigenvalue weighted by atomic mass is 32.1. The summed E-state index contributed by atoms with van der Waals surface area (Å²) in [5.74, 6) is 0.698. The second-order valence-corrected chi connectivity index (χ2v) is 7.77. The molecular formula is C22H17N5OS. The van der Waals surface area contributed by atoms with Crippen LogP contribution in [0.4, 0.5) is 5.69 Å². The van der Waals surface area contributed by atoms with Crippen molar-refractivity contribution in [1.82, 2.24) is 19.7 Å². The molecule has 0 unspecified atom stereocenters. The summed E-state index contributed by atoms with van der Waals surface area (Å²) in [7, 11) is 0. The van der Waals surface area contributed by atoms with Crippen LogP contribution in [0.1, 0.15) is 14.5 Å². The number of amides is 1. The molecule has 0 saturated heterocycles. The van der Waals surface area contributed by atoms with Gasteiger partial charge in [-0.3, -0.25) is 9.48 Å². The molecule has 0 aliphatic heterocycles. The molecule has 142 valence electrons. The van der Waals surface area contributed by atoms with Gasteiger partial charge in [-0.15, -0.1) is 11.3 Å². The molecule has 0 bridgehead atoms. The molecule has 6 nitrogen and oxygen atoms in total. The van der Waals surface area contributed by atoms with E-state index in [4.69, 9.17) is 0 Å². The minimum Gasteiger partial charge on any atom is -0.338 e. The van der Waals surface area contributed by atoms with Gasteiger partial charge in [-0.25, -0.2) is 4.98 Å². The summed E-state index contributed by atoms with van der Waals surface area (Å²) in [5.41, 5.74) is 3.65. The first-order valence-electron chi connectivity index (χ1n) is 9.17. The molecule has 0 atom stereocenters. The predicted octanol–water partition coefficient (Wildman–Crippen LogP) is 4.79. The summed E-state index contributed by atoms with van der Waals surface area (Å²) in [6.45, 7) is 0.664. The number of nitrogens with zero attached hydrogens (tertiary/aromatic N) is 3. The number of para-hydroxylation sites is 2. The van der Waals surface area contributed by atoms with E-state index < -0.39 is 0 Å². The third-order valence-electron chi connectivity index (χ3n) is 4.57. The Morgan fingerprint density at radius 3 is 2.69 bits per heavy atom. The van der Waals surface area contributed by atoms with Gasteiger partial charge < -0.3 is 10.3 Å². The van der Waals surface area contributed by atoms with Crippen LogP contribution < -0.4 is 5.32 Å². The van der Waals surface area contributed by atoms with Crippen molar-refractivity contribution in [2.75, 3.05) is 5.32 Å². The fourth-order valence-corrected chi connectivity index (χ4v) is 4.03. The van der Waals surface area contributed by atoms with Crippen molar-refractivity contribution in [2.45, 2.75) is 6.54 Å². The van der Waals surface area contributed by atoms with Crippen LogP contribution in [0.3, 0.4) is 0 Å². The molecule has 0 aliphatic rings. The molecular weight excluding hydrogens is 382 g/mol. The highest BCUT2D eigenvalue weighted by Gasteiger charge is 2.11. The monoisotopic (exact) mass is 399 g/mol. The number of hydrogen-bond acceptors (Lipinski definition) is 4. The van der Waals surface area contributed by atoms with Crippen LogP contribution in [0.5, 0.6) is 0 Å². The zero-order chi connectivity index (χ0) is 19.6. The molecule has 0 radical (unpaired) electrons. The standard InChI is InChI=1S/C22H17N5OS/c28-22(20-11-10-17(29-20)14-27-13-3-12-23-27)24-16-8-6-15(7-9-16)21-25-18-4-1-2-5-19(18)26-21/h1-13H,14H2,(H,24,28)(H,25,26). The number of fused-ring (bicyclic) bond motifs is 1. The van der Waals surface area contributed by atoms with Crippen LogP contribution >= 0.6 is 11.3 Å². The first-order valence-corrected chi connectivity index (χ1v) is 9.99. The summed E-state index contributed by atoms with van der Waals surface area (Å²) in [6, 6.07) is 21.3. The molecule has 0 saturated carbocycles. The Morgan fingerprint density at radius 1 is 1.03 bits per heavy atom. The van der Waals surface area contributed by atoms with E-state index in [1.165, 1.54) is 11.3 Å². The molecule has 2 aromatic carbocycles. The Balaban J connectivity index is 1.28. The van der Waals surface area contributed by atoms with E-state index in [0.717, 1.165) is 33.0 Å². The van der Waals surface area contributed by atoms with E-state index in [9.17, 15) is 4.79 Å². The minimum atomic E-state index is -0.113. The van der Waals surface area contributed by atoms with E-state index in [0.29, 0.717) is 11.4 Å². The van der Waals surface area contributed by atoms with Crippen molar-refractivity contribution >= 4 is 34.0 Å². The molecule has 5 rings (SSSR count). The molecule has 0 spiro atoms. The van der Waals surface area contributed by atoms with Gasteiger partial charge >= 0.3 is 0 Å². The maximum absolute atomic E-state index is 12.6. The van der Waals surface area contributed by atoms with Gasteiger partial charge in [0, 0.05) is 28.5 Å². The maximum atomic E-state index is 12.6. The van der Waals surface area contributed by atoms with Crippen LogP contribution in [-0.2, 0) is 6.54 Å². The quantitative estimate of drug-likeness (QED) is 0.446. The third kappa shape index (κ3) is 3.68. The van der Waals surface area contributed by atoms with Gasteiger partial charge in [0.25, 0.3) is 5.91 Å². The Bertz CT molecular complexity index is 1240. The second-order valence-electron chi connectivity index (χ2n) is 6.60. The number of anilines is 1. The molecule has 29 heavy (non-hydrogen) atoms. The number of aromatic amines is 1. The first kappa shape index (κ1) is 17.4. The molecule has 7 heteroatoms. The number of carbonyl (C=O) groups excluding carboxylic acids is 1. The molecule has 5 aromatic rings. The van der Waals surface area contributed by atoms with Crippen molar-refractivity contribution in [3.05, 3.63) is 88.9 Å². The average Bonchev–Trinajstić information content (AvgIpc) is 3.49. The van der Waals surface area contributed by atoms with E-state index in [2.05, 4.69) is 20.4 Å². The lowest BCUT2D eigenvalue weighted by molar-refractivity contribution is 0.103. The summed E-state index contributed by atoms with van der Waals surface area (Å²) in [6.07, 6.45) is 3.65. The van der Waals surface area contributed by atoms with E-state index >= 15 is 0 Å². The average molecular weight is 399 g/mol. The van der Waals surface area contributed by atoms with Gasteiger partial charge in [-0.05, 0) is 54.6 Å². The Morgan fingerprint density at radius 2 is 1.90 bits per heavy atom.